The molecule has 1 heterocycles. The summed E-state index contributed by atoms with van der Waals surface area (Å²) >= 11 is 1.17. The molecule has 30 heavy (non-hydrogen) atoms. The summed E-state index contributed by atoms with van der Waals surface area (Å²) in [7, 11) is 3.18. The van der Waals surface area contributed by atoms with Crippen molar-refractivity contribution in [2.75, 3.05) is 27.4 Å². The summed E-state index contributed by atoms with van der Waals surface area (Å²) < 4.78 is 20.6. The number of amides is 1. The Labute approximate surface area is 180 Å². The predicted octanol–water partition coefficient (Wildman–Crippen LogP) is 4.00. The number of aromatic nitrogens is 2. The largest absolute Gasteiger partial charge is 0.493 e. The number of hydrogen-bond acceptors (Lipinski definition) is 7. The molecule has 7 nitrogen and oxygen atoms in total. The topological polar surface area (TPSA) is 82.6 Å². The molecule has 0 aliphatic carbocycles. The number of rotatable bonds is 10. The van der Waals surface area contributed by atoms with Crippen molar-refractivity contribution in [3.63, 3.8) is 0 Å². The van der Waals surface area contributed by atoms with Gasteiger partial charge in [0.1, 0.15) is 0 Å². The van der Waals surface area contributed by atoms with E-state index in [1.807, 2.05) is 0 Å². The van der Waals surface area contributed by atoms with Crippen LogP contribution in [0.3, 0.4) is 0 Å². The molecule has 1 aromatic heterocycles. The van der Waals surface area contributed by atoms with Crippen LogP contribution in [0.5, 0.6) is 16.7 Å². The van der Waals surface area contributed by atoms with Crippen LogP contribution in [0, 0.1) is 6.92 Å². The average Bonchev–Trinajstić information content (AvgIpc) is 3.19. The van der Waals surface area contributed by atoms with E-state index in [2.05, 4.69) is 45.9 Å². The summed E-state index contributed by atoms with van der Waals surface area (Å²) in [6, 6.07) is 13.3. The van der Waals surface area contributed by atoms with Gasteiger partial charge in [-0.05, 0) is 37.1 Å². The van der Waals surface area contributed by atoms with Gasteiger partial charge in [0.15, 0.2) is 17.3 Å². The lowest BCUT2D eigenvalue weighted by Gasteiger charge is -2.10. The number of aryl methyl sites for hydroxylation is 1. The lowest BCUT2D eigenvalue weighted by Crippen LogP contribution is -2.25. The van der Waals surface area contributed by atoms with Crippen LogP contribution in [-0.2, 0) is 11.2 Å². The molecule has 1 amide bonds. The fourth-order valence-electron chi connectivity index (χ4n) is 2.75. The molecule has 0 fully saturated rings. The van der Waals surface area contributed by atoms with Gasteiger partial charge in [-0.2, -0.15) is 9.36 Å². The van der Waals surface area contributed by atoms with Crippen LogP contribution in [0.25, 0.3) is 0 Å². The van der Waals surface area contributed by atoms with Crippen LogP contribution in [-0.4, -0.2) is 42.6 Å². The molecule has 0 aliphatic rings. The fourth-order valence-corrected chi connectivity index (χ4v) is 3.31. The Morgan fingerprint density at radius 1 is 1.10 bits per heavy atom. The molecule has 1 N–H and O–H groups in total. The second-order valence-electron chi connectivity index (χ2n) is 6.71. The first-order valence-electron chi connectivity index (χ1n) is 9.60. The summed E-state index contributed by atoms with van der Waals surface area (Å²) in [5, 5.41) is 3.25. The Hall–Kier alpha value is -2.97. The monoisotopic (exact) mass is 427 g/mol. The van der Waals surface area contributed by atoms with E-state index in [1.54, 1.807) is 32.4 Å². The number of methoxy groups -OCH3 is 2. The molecule has 3 aromatic rings. The van der Waals surface area contributed by atoms with Crippen LogP contribution < -0.4 is 14.8 Å². The Bertz CT molecular complexity index is 973. The van der Waals surface area contributed by atoms with Crippen LogP contribution in [0.15, 0.2) is 42.5 Å². The van der Waals surface area contributed by atoms with E-state index < -0.39 is 0 Å². The molecule has 0 saturated carbocycles. The maximum absolute atomic E-state index is 12.4. The minimum absolute atomic E-state index is 0.184. The molecular weight excluding hydrogens is 402 g/mol. The highest BCUT2D eigenvalue weighted by Crippen LogP contribution is 2.33. The van der Waals surface area contributed by atoms with E-state index in [9.17, 15) is 4.79 Å². The molecule has 3 rings (SSSR count). The summed E-state index contributed by atoms with van der Waals surface area (Å²) in [6.07, 6.45) is 1.37. The van der Waals surface area contributed by atoms with Gasteiger partial charge in [0.2, 0.25) is 0 Å². The minimum Gasteiger partial charge on any atom is -0.493 e. The van der Waals surface area contributed by atoms with Crippen molar-refractivity contribution < 1.29 is 19.0 Å². The van der Waals surface area contributed by atoms with Gasteiger partial charge >= 0.3 is 0 Å². The van der Waals surface area contributed by atoms with Gasteiger partial charge in [0.05, 0.1) is 7.11 Å². The van der Waals surface area contributed by atoms with Gasteiger partial charge in [-0.3, -0.25) is 4.79 Å². The summed E-state index contributed by atoms with van der Waals surface area (Å²) in [4.78, 5) is 16.8. The third-order valence-corrected chi connectivity index (χ3v) is 5.00. The molecule has 158 valence electrons. The predicted molar refractivity (Wildman–Crippen MR) is 116 cm³/mol. The molecule has 0 bridgehead atoms. The summed E-state index contributed by atoms with van der Waals surface area (Å²) in [5.41, 5.74) is 2.83. The van der Waals surface area contributed by atoms with Gasteiger partial charge in [0, 0.05) is 43.8 Å². The smallest absolute Gasteiger partial charge is 0.298 e. The fraction of sp³-hybridized carbons (Fsp3) is 0.318. The standard InChI is InChI=1S/C22H25N3O4S/c1-15-5-7-16(8-6-15)13-20-24-22(30-25-20)29-19-14-17(9-10-18(19)28-3)21(26)23-11-4-12-27-2/h5-10,14H,4,11-13H2,1-3H3,(H,23,26). The highest BCUT2D eigenvalue weighted by atomic mass is 32.1. The van der Waals surface area contributed by atoms with Gasteiger partial charge < -0.3 is 19.5 Å². The Morgan fingerprint density at radius 2 is 1.90 bits per heavy atom. The number of benzene rings is 2. The number of nitrogens with zero attached hydrogens (tertiary/aromatic N) is 2. The van der Waals surface area contributed by atoms with Crippen molar-refractivity contribution in [1.82, 2.24) is 14.7 Å². The Kier molecular flexibility index (Phi) is 7.75. The van der Waals surface area contributed by atoms with Crippen LogP contribution >= 0.6 is 11.5 Å². The first kappa shape index (κ1) is 21.7. The maximum Gasteiger partial charge on any atom is 0.298 e. The van der Waals surface area contributed by atoms with E-state index in [4.69, 9.17) is 14.2 Å². The van der Waals surface area contributed by atoms with Gasteiger partial charge in [-0.1, -0.05) is 29.8 Å². The first-order chi connectivity index (χ1) is 14.6. The number of carbonyl (C=O) groups is 1. The molecule has 8 heteroatoms. The van der Waals surface area contributed by atoms with Crippen molar-refractivity contribution in [1.29, 1.82) is 0 Å². The zero-order valence-corrected chi connectivity index (χ0v) is 18.1. The van der Waals surface area contributed by atoms with Crippen molar-refractivity contribution in [2.45, 2.75) is 19.8 Å². The minimum atomic E-state index is -0.184. The molecule has 0 unspecified atom stereocenters. The number of carbonyl (C=O) groups excluding carboxylic acids is 1. The lowest BCUT2D eigenvalue weighted by atomic mass is 10.1. The van der Waals surface area contributed by atoms with E-state index in [0.29, 0.717) is 47.7 Å². The summed E-state index contributed by atoms with van der Waals surface area (Å²) in [5.74, 6) is 1.43. The average molecular weight is 428 g/mol. The second kappa shape index (κ2) is 10.7. The molecule has 2 aromatic carbocycles. The van der Waals surface area contributed by atoms with E-state index in [0.717, 1.165) is 12.0 Å². The van der Waals surface area contributed by atoms with Crippen LogP contribution in [0.2, 0.25) is 0 Å². The molecular formula is C22H25N3O4S. The first-order valence-corrected chi connectivity index (χ1v) is 10.4. The van der Waals surface area contributed by atoms with Gasteiger partial charge in [-0.15, -0.1) is 0 Å². The van der Waals surface area contributed by atoms with Crippen molar-refractivity contribution >= 4 is 17.4 Å². The highest BCUT2D eigenvalue weighted by Gasteiger charge is 2.14. The number of nitrogens with one attached hydrogen (secondary N) is 1. The lowest BCUT2D eigenvalue weighted by molar-refractivity contribution is 0.0948. The van der Waals surface area contributed by atoms with Gasteiger partial charge in [0.25, 0.3) is 11.1 Å². The van der Waals surface area contributed by atoms with Crippen molar-refractivity contribution in [3.05, 3.63) is 65.0 Å². The van der Waals surface area contributed by atoms with Crippen LogP contribution in [0.1, 0.15) is 33.7 Å². The van der Waals surface area contributed by atoms with Crippen molar-refractivity contribution in [3.8, 4) is 16.7 Å². The quantitative estimate of drug-likeness (QED) is 0.493. The van der Waals surface area contributed by atoms with Crippen LogP contribution in [0.4, 0.5) is 0 Å². The zero-order chi connectivity index (χ0) is 21.3. The third kappa shape index (κ3) is 6.01. The maximum atomic E-state index is 12.4. The molecule has 0 aliphatic heterocycles. The second-order valence-corrected chi connectivity index (χ2v) is 7.42. The Balaban J connectivity index is 1.68. The zero-order valence-electron chi connectivity index (χ0n) is 17.3. The molecule has 0 radical (unpaired) electrons. The normalized spacial score (nSPS) is 10.6. The molecule has 0 saturated heterocycles. The summed E-state index contributed by atoms with van der Waals surface area (Å²) in [6.45, 7) is 3.19. The number of hydrogen-bond donors (Lipinski definition) is 1. The van der Waals surface area contributed by atoms with Gasteiger partial charge in [-0.25, -0.2) is 0 Å². The third-order valence-electron chi connectivity index (χ3n) is 4.37. The number of ether oxygens (including phenoxy) is 3. The van der Waals surface area contributed by atoms with E-state index >= 15 is 0 Å². The van der Waals surface area contributed by atoms with Crippen molar-refractivity contribution in [2.24, 2.45) is 0 Å². The van der Waals surface area contributed by atoms with E-state index in [-0.39, 0.29) is 5.91 Å². The Morgan fingerprint density at radius 3 is 2.63 bits per heavy atom. The molecule has 0 atom stereocenters. The SMILES string of the molecule is COCCCNC(=O)c1ccc(OC)c(Oc2nc(Cc3ccc(C)cc3)ns2)c1. The van der Waals surface area contributed by atoms with E-state index in [1.165, 1.54) is 17.1 Å². The highest BCUT2D eigenvalue weighted by molar-refractivity contribution is 7.07. The molecule has 0 spiro atoms.